The van der Waals surface area contributed by atoms with Crippen LogP contribution in [0.15, 0.2) is 60.0 Å². The van der Waals surface area contributed by atoms with Gasteiger partial charge >= 0.3 is 0 Å². The zero-order valence-corrected chi connectivity index (χ0v) is 15.7. The number of nitrogens with zero attached hydrogens (tertiary/aromatic N) is 1. The molecule has 5 nitrogen and oxygen atoms in total. The Bertz CT molecular complexity index is 921. The normalized spacial score (nSPS) is 17.8. The van der Waals surface area contributed by atoms with Crippen molar-refractivity contribution in [1.29, 1.82) is 0 Å². The third kappa shape index (κ3) is 4.26. The number of hydrogen-bond donors (Lipinski definition) is 0. The van der Waals surface area contributed by atoms with Crippen molar-refractivity contribution in [3.8, 4) is 5.75 Å². The SMILES string of the molecule is COc1ccc(CC(=O)N(c2ccc(Cl)cc2)[C@H]2C=CS(=O)(=O)C2)cc1. The highest BCUT2D eigenvalue weighted by Crippen LogP contribution is 2.25. The van der Waals surface area contributed by atoms with Crippen LogP contribution in [0.25, 0.3) is 0 Å². The maximum absolute atomic E-state index is 13.0. The molecule has 2 aromatic rings. The van der Waals surface area contributed by atoms with Crippen molar-refractivity contribution in [2.75, 3.05) is 17.8 Å². The second-order valence-electron chi connectivity index (χ2n) is 5.99. The molecule has 1 heterocycles. The Hall–Kier alpha value is -2.31. The summed E-state index contributed by atoms with van der Waals surface area (Å²) < 4.78 is 28.8. The van der Waals surface area contributed by atoms with Gasteiger partial charge in [-0.3, -0.25) is 4.79 Å². The van der Waals surface area contributed by atoms with Gasteiger partial charge in [0.25, 0.3) is 0 Å². The number of anilines is 1. The molecule has 0 saturated carbocycles. The van der Waals surface area contributed by atoms with E-state index in [0.29, 0.717) is 16.5 Å². The van der Waals surface area contributed by atoms with Crippen molar-refractivity contribution >= 4 is 33.0 Å². The van der Waals surface area contributed by atoms with Crippen LogP contribution in [0.3, 0.4) is 0 Å². The molecule has 0 aromatic heterocycles. The topological polar surface area (TPSA) is 63.7 Å². The molecule has 136 valence electrons. The molecule has 7 heteroatoms. The van der Waals surface area contributed by atoms with Crippen LogP contribution in [0.1, 0.15) is 5.56 Å². The molecule has 0 unspecified atom stereocenters. The first kappa shape index (κ1) is 18.5. The van der Waals surface area contributed by atoms with Gasteiger partial charge in [0.05, 0.1) is 25.3 Å². The monoisotopic (exact) mass is 391 g/mol. The number of amides is 1. The van der Waals surface area contributed by atoms with Gasteiger partial charge in [0.2, 0.25) is 5.91 Å². The molecule has 0 aliphatic carbocycles. The van der Waals surface area contributed by atoms with Crippen molar-refractivity contribution in [2.24, 2.45) is 0 Å². The van der Waals surface area contributed by atoms with Gasteiger partial charge in [0, 0.05) is 16.1 Å². The molecule has 0 spiro atoms. The van der Waals surface area contributed by atoms with Gasteiger partial charge in [-0.2, -0.15) is 0 Å². The molecule has 0 saturated heterocycles. The van der Waals surface area contributed by atoms with E-state index in [1.54, 1.807) is 49.6 Å². The molecule has 0 radical (unpaired) electrons. The van der Waals surface area contributed by atoms with Crippen LogP contribution in [0.2, 0.25) is 5.02 Å². The second-order valence-corrected chi connectivity index (χ2v) is 8.36. The molecule has 2 aromatic carbocycles. The zero-order valence-electron chi connectivity index (χ0n) is 14.1. The maximum Gasteiger partial charge on any atom is 0.231 e. The minimum Gasteiger partial charge on any atom is -0.497 e. The van der Waals surface area contributed by atoms with E-state index in [1.807, 2.05) is 12.1 Å². The number of benzene rings is 2. The van der Waals surface area contributed by atoms with Crippen LogP contribution in [-0.2, 0) is 21.1 Å². The Kier molecular flexibility index (Phi) is 5.34. The van der Waals surface area contributed by atoms with Crippen LogP contribution in [0, 0.1) is 0 Å². The van der Waals surface area contributed by atoms with Gasteiger partial charge in [-0.1, -0.05) is 23.7 Å². The number of halogens is 1. The molecule has 26 heavy (non-hydrogen) atoms. The van der Waals surface area contributed by atoms with Gasteiger partial charge in [0.15, 0.2) is 9.84 Å². The molecule has 1 amide bonds. The fraction of sp³-hybridized carbons (Fsp3) is 0.211. The van der Waals surface area contributed by atoms with Crippen molar-refractivity contribution in [1.82, 2.24) is 0 Å². The van der Waals surface area contributed by atoms with Crippen molar-refractivity contribution < 1.29 is 17.9 Å². The fourth-order valence-electron chi connectivity index (χ4n) is 2.85. The molecule has 0 fully saturated rings. The largest absolute Gasteiger partial charge is 0.497 e. The maximum atomic E-state index is 13.0. The van der Waals surface area contributed by atoms with Gasteiger partial charge < -0.3 is 9.64 Å². The lowest BCUT2D eigenvalue weighted by Crippen LogP contribution is -2.42. The standard InChI is InChI=1S/C19H18ClNO4S/c1-25-18-8-2-14(3-9-18)12-19(22)21(16-6-4-15(20)5-7-16)17-10-11-26(23,24)13-17/h2-11,17H,12-13H2,1H3/t17-/m0/s1. The second kappa shape index (κ2) is 7.51. The number of ether oxygens (including phenoxy) is 1. The fourth-order valence-corrected chi connectivity index (χ4v) is 4.24. The highest BCUT2D eigenvalue weighted by Gasteiger charge is 2.31. The Labute approximate surface area is 157 Å². The lowest BCUT2D eigenvalue weighted by molar-refractivity contribution is -0.118. The lowest BCUT2D eigenvalue weighted by atomic mass is 10.1. The summed E-state index contributed by atoms with van der Waals surface area (Å²) >= 11 is 5.93. The van der Waals surface area contributed by atoms with Crippen molar-refractivity contribution in [3.63, 3.8) is 0 Å². The Morgan fingerprint density at radius 3 is 2.35 bits per heavy atom. The van der Waals surface area contributed by atoms with Crippen molar-refractivity contribution in [3.05, 3.63) is 70.6 Å². The van der Waals surface area contributed by atoms with E-state index >= 15 is 0 Å². The highest BCUT2D eigenvalue weighted by atomic mass is 35.5. The minimum absolute atomic E-state index is 0.121. The van der Waals surface area contributed by atoms with Gasteiger partial charge in [-0.25, -0.2) is 8.42 Å². The molecular formula is C19H18ClNO4S. The van der Waals surface area contributed by atoms with Crippen LogP contribution >= 0.6 is 11.6 Å². The minimum atomic E-state index is -3.29. The van der Waals surface area contributed by atoms with Crippen molar-refractivity contribution in [2.45, 2.75) is 12.5 Å². The van der Waals surface area contributed by atoms with E-state index in [1.165, 1.54) is 10.3 Å². The van der Waals surface area contributed by atoms with E-state index < -0.39 is 15.9 Å². The third-order valence-corrected chi connectivity index (χ3v) is 5.76. The predicted octanol–water partition coefficient (Wildman–Crippen LogP) is 3.24. The summed E-state index contributed by atoms with van der Waals surface area (Å²) in [6.07, 6.45) is 1.70. The smallest absolute Gasteiger partial charge is 0.231 e. The third-order valence-electron chi connectivity index (χ3n) is 4.13. The quantitative estimate of drug-likeness (QED) is 0.784. The average Bonchev–Trinajstić information content (AvgIpc) is 2.97. The van der Waals surface area contributed by atoms with Gasteiger partial charge in [-0.05, 0) is 48.0 Å². The van der Waals surface area contributed by atoms with Gasteiger partial charge in [0.1, 0.15) is 5.75 Å². The van der Waals surface area contributed by atoms with Crippen LogP contribution in [0.4, 0.5) is 5.69 Å². The van der Waals surface area contributed by atoms with E-state index in [0.717, 1.165) is 5.56 Å². The summed E-state index contributed by atoms with van der Waals surface area (Å²) in [6.45, 7) is 0. The highest BCUT2D eigenvalue weighted by molar-refractivity contribution is 7.94. The van der Waals surface area contributed by atoms with E-state index in [2.05, 4.69) is 0 Å². The number of hydrogen-bond acceptors (Lipinski definition) is 4. The van der Waals surface area contributed by atoms with E-state index in [-0.39, 0.29) is 18.1 Å². The Morgan fingerprint density at radius 2 is 1.81 bits per heavy atom. The molecule has 0 bridgehead atoms. The molecule has 3 rings (SSSR count). The molecule has 1 aliphatic rings. The van der Waals surface area contributed by atoms with Crippen LogP contribution < -0.4 is 9.64 Å². The van der Waals surface area contributed by atoms with Gasteiger partial charge in [-0.15, -0.1) is 0 Å². The predicted molar refractivity (Wildman–Crippen MR) is 102 cm³/mol. The zero-order chi connectivity index (χ0) is 18.7. The average molecular weight is 392 g/mol. The summed E-state index contributed by atoms with van der Waals surface area (Å²) in [4.78, 5) is 14.5. The number of sulfone groups is 1. The Balaban J connectivity index is 1.88. The molecule has 1 aliphatic heterocycles. The number of carbonyl (C=O) groups excluding carboxylic acids is 1. The summed E-state index contributed by atoms with van der Waals surface area (Å²) in [6, 6.07) is 13.5. The number of carbonyl (C=O) groups is 1. The summed E-state index contributed by atoms with van der Waals surface area (Å²) in [5, 5.41) is 1.72. The lowest BCUT2D eigenvalue weighted by Gasteiger charge is -2.28. The molecule has 0 N–H and O–H groups in total. The van der Waals surface area contributed by atoms with Crippen LogP contribution in [-0.4, -0.2) is 33.2 Å². The summed E-state index contributed by atoms with van der Waals surface area (Å²) in [5.74, 6) is 0.397. The summed E-state index contributed by atoms with van der Waals surface area (Å²) in [7, 11) is -1.71. The number of methoxy groups -OCH3 is 1. The Morgan fingerprint density at radius 1 is 1.15 bits per heavy atom. The summed E-state index contributed by atoms with van der Waals surface area (Å²) in [5.41, 5.74) is 1.43. The molecule has 1 atom stereocenters. The first-order valence-electron chi connectivity index (χ1n) is 7.99. The van der Waals surface area contributed by atoms with E-state index in [9.17, 15) is 13.2 Å². The molecular weight excluding hydrogens is 374 g/mol. The first-order valence-corrected chi connectivity index (χ1v) is 10.1. The number of rotatable bonds is 5. The van der Waals surface area contributed by atoms with E-state index in [4.69, 9.17) is 16.3 Å². The first-order chi connectivity index (χ1) is 12.4. The van der Waals surface area contributed by atoms with Crippen LogP contribution in [0.5, 0.6) is 5.75 Å².